The normalized spacial score (nSPS) is 17.8. The third-order valence-electron chi connectivity index (χ3n) is 4.87. The number of hydrogen-bond donors (Lipinski definition) is 1. The lowest BCUT2D eigenvalue weighted by molar-refractivity contribution is -0.144. The van der Waals surface area contributed by atoms with E-state index in [-0.39, 0.29) is 30.1 Å². The number of benzene rings is 1. The van der Waals surface area contributed by atoms with E-state index in [0.717, 1.165) is 17.8 Å². The molecule has 1 saturated heterocycles. The van der Waals surface area contributed by atoms with Crippen molar-refractivity contribution in [1.82, 2.24) is 9.88 Å². The number of ether oxygens (including phenoxy) is 1. The number of piperazine rings is 1. The number of nitrogens with zero attached hydrogens (tertiary/aromatic N) is 3. The van der Waals surface area contributed by atoms with E-state index in [9.17, 15) is 18.0 Å². The summed E-state index contributed by atoms with van der Waals surface area (Å²) in [6.45, 7) is 3.54. The van der Waals surface area contributed by atoms with Crippen LogP contribution in [0, 0.1) is 0 Å². The highest BCUT2D eigenvalue weighted by Gasteiger charge is 2.34. The molecule has 6 nitrogen and oxygen atoms in total. The van der Waals surface area contributed by atoms with Gasteiger partial charge >= 0.3 is 12.1 Å². The second kappa shape index (κ2) is 9.09. The molecule has 2 heterocycles. The molecule has 1 aromatic carbocycles. The molecule has 3 rings (SSSR count). The van der Waals surface area contributed by atoms with E-state index < -0.39 is 11.7 Å². The summed E-state index contributed by atoms with van der Waals surface area (Å²) < 4.78 is 44.0. The number of aromatic nitrogens is 1. The van der Waals surface area contributed by atoms with Crippen molar-refractivity contribution in [3.8, 4) is 0 Å². The van der Waals surface area contributed by atoms with Gasteiger partial charge in [-0.25, -0.2) is 4.98 Å². The van der Waals surface area contributed by atoms with Gasteiger partial charge in [-0.1, -0.05) is 23.7 Å². The first-order valence-electron chi connectivity index (χ1n) is 9.42. The highest BCUT2D eigenvalue weighted by atomic mass is 35.5. The van der Waals surface area contributed by atoms with Gasteiger partial charge in [-0.2, -0.15) is 13.2 Å². The van der Waals surface area contributed by atoms with Crippen LogP contribution in [0.1, 0.15) is 24.1 Å². The summed E-state index contributed by atoms with van der Waals surface area (Å²) >= 11 is 6.00. The molecule has 0 radical (unpaired) electrons. The predicted octanol–water partition coefficient (Wildman–Crippen LogP) is 3.76. The summed E-state index contributed by atoms with van der Waals surface area (Å²) in [5, 5.41) is 0.566. The van der Waals surface area contributed by atoms with E-state index in [4.69, 9.17) is 22.1 Å². The monoisotopic (exact) mass is 442 g/mol. The number of pyridine rings is 1. The van der Waals surface area contributed by atoms with Gasteiger partial charge in [0.25, 0.3) is 0 Å². The number of rotatable bonds is 5. The summed E-state index contributed by atoms with van der Waals surface area (Å²) in [5.41, 5.74) is 5.89. The molecule has 0 bridgehead atoms. The van der Waals surface area contributed by atoms with E-state index in [1.165, 1.54) is 0 Å². The van der Waals surface area contributed by atoms with Crippen molar-refractivity contribution >= 4 is 29.1 Å². The number of alkyl halides is 3. The van der Waals surface area contributed by atoms with Crippen LogP contribution in [0.15, 0.2) is 36.5 Å². The van der Waals surface area contributed by atoms with Gasteiger partial charge in [-0.3, -0.25) is 9.69 Å². The fourth-order valence-corrected chi connectivity index (χ4v) is 3.59. The largest absolute Gasteiger partial charge is 0.465 e. The molecule has 2 aromatic rings. The van der Waals surface area contributed by atoms with E-state index in [0.29, 0.717) is 31.3 Å². The van der Waals surface area contributed by atoms with Crippen molar-refractivity contribution in [3.05, 3.63) is 52.7 Å². The molecule has 10 heteroatoms. The Hall–Kier alpha value is -2.52. The maximum atomic E-state index is 13.0. The van der Waals surface area contributed by atoms with E-state index in [1.807, 2.05) is 21.9 Å². The molecule has 2 N–H and O–H groups in total. The molecule has 1 atom stereocenters. The third-order valence-corrected chi connectivity index (χ3v) is 5.12. The van der Waals surface area contributed by atoms with Crippen molar-refractivity contribution in [2.45, 2.75) is 19.1 Å². The molecular formula is C20H22ClF3N4O2. The lowest BCUT2D eigenvalue weighted by atomic mass is 10.0. The lowest BCUT2D eigenvalue weighted by Gasteiger charge is -2.42. The fourth-order valence-electron chi connectivity index (χ4n) is 3.47. The summed E-state index contributed by atoms with van der Waals surface area (Å²) in [6.07, 6.45) is -3.73. The summed E-state index contributed by atoms with van der Waals surface area (Å²) in [4.78, 5) is 19.7. The molecule has 1 aromatic heterocycles. The number of carbonyl (C=O) groups is 1. The van der Waals surface area contributed by atoms with Crippen LogP contribution >= 0.6 is 11.6 Å². The Labute approximate surface area is 177 Å². The Kier molecular flexibility index (Phi) is 6.72. The van der Waals surface area contributed by atoms with E-state index in [2.05, 4.69) is 4.98 Å². The maximum absolute atomic E-state index is 13.0. The Morgan fingerprint density at radius 3 is 2.60 bits per heavy atom. The summed E-state index contributed by atoms with van der Waals surface area (Å²) in [7, 11) is 0. The van der Waals surface area contributed by atoms with Crippen molar-refractivity contribution in [2.75, 3.05) is 43.4 Å². The molecule has 30 heavy (non-hydrogen) atoms. The van der Waals surface area contributed by atoms with Gasteiger partial charge in [0.1, 0.15) is 0 Å². The third kappa shape index (κ3) is 5.14. The second-order valence-corrected chi connectivity index (χ2v) is 7.37. The zero-order valence-electron chi connectivity index (χ0n) is 16.3. The van der Waals surface area contributed by atoms with Gasteiger partial charge in [0.05, 0.1) is 30.4 Å². The van der Waals surface area contributed by atoms with Gasteiger partial charge in [-0.05, 0) is 30.7 Å². The Bertz CT molecular complexity index is 893. The number of nitrogen functional groups attached to an aromatic ring is 1. The van der Waals surface area contributed by atoms with Crippen LogP contribution in [0.2, 0.25) is 5.02 Å². The minimum absolute atomic E-state index is 0.0531. The Morgan fingerprint density at radius 2 is 2.00 bits per heavy atom. The van der Waals surface area contributed by atoms with Crippen LogP contribution in [-0.2, 0) is 15.7 Å². The molecule has 1 aliphatic rings. The number of anilines is 2. The van der Waals surface area contributed by atoms with Crippen LogP contribution in [0.5, 0.6) is 0 Å². The Morgan fingerprint density at radius 1 is 1.30 bits per heavy atom. The molecule has 1 fully saturated rings. The molecule has 1 unspecified atom stereocenters. The van der Waals surface area contributed by atoms with Crippen LogP contribution in [0.25, 0.3) is 0 Å². The van der Waals surface area contributed by atoms with Crippen LogP contribution in [0.4, 0.5) is 24.7 Å². The minimum atomic E-state index is -4.52. The van der Waals surface area contributed by atoms with Gasteiger partial charge < -0.3 is 15.4 Å². The number of hydrogen-bond acceptors (Lipinski definition) is 6. The van der Waals surface area contributed by atoms with Crippen LogP contribution in [-0.4, -0.2) is 48.6 Å². The van der Waals surface area contributed by atoms with Crippen molar-refractivity contribution in [1.29, 1.82) is 0 Å². The number of halogens is 4. The smallest absolute Gasteiger partial charge is 0.417 e. The van der Waals surface area contributed by atoms with Crippen LogP contribution in [0.3, 0.4) is 0 Å². The van der Waals surface area contributed by atoms with Gasteiger partial charge in [-0.15, -0.1) is 0 Å². The quantitative estimate of drug-likeness (QED) is 0.711. The first-order valence-corrected chi connectivity index (χ1v) is 9.79. The average molecular weight is 443 g/mol. The van der Waals surface area contributed by atoms with E-state index >= 15 is 0 Å². The van der Waals surface area contributed by atoms with Gasteiger partial charge in [0, 0.05) is 30.9 Å². The highest BCUT2D eigenvalue weighted by Crippen LogP contribution is 2.36. The first-order chi connectivity index (χ1) is 14.2. The second-order valence-electron chi connectivity index (χ2n) is 6.94. The lowest BCUT2D eigenvalue weighted by Crippen LogP contribution is -2.50. The molecular weight excluding hydrogens is 421 g/mol. The Balaban J connectivity index is 1.90. The van der Waals surface area contributed by atoms with Crippen molar-refractivity contribution in [2.24, 2.45) is 0 Å². The highest BCUT2D eigenvalue weighted by molar-refractivity contribution is 6.30. The summed E-state index contributed by atoms with van der Waals surface area (Å²) in [5.74, 6) is -0.0493. The van der Waals surface area contributed by atoms with E-state index in [1.54, 1.807) is 19.1 Å². The summed E-state index contributed by atoms with van der Waals surface area (Å²) in [6, 6.07) is 7.78. The maximum Gasteiger partial charge on any atom is 0.417 e. The first kappa shape index (κ1) is 22.2. The molecule has 1 aliphatic heterocycles. The number of esters is 1. The zero-order chi connectivity index (χ0) is 21.9. The van der Waals surface area contributed by atoms with Crippen LogP contribution < -0.4 is 10.6 Å². The van der Waals surface area contributed by atoms with Crippen molar-refractivity contribution in [3.63, 3.8) is 0 Å². The SMILES string of the molecule is CCOC(=O)CN1CCN(c2ncc(C(F)(F)F)cc2N)C(c2ccc(Cl)cc2)C1. The van der Waals surface area contributed by atoms with Gasteiger partial charge in [0.15, 0.2) is 5.82 Å². The average Bonchev–Trinajstić information content (AvgIpc) is 2.68. The van der Waals surface area contributed by atoms with Crippen molar-refractivity contribution < 1.29 is 22.7 Å². The molecule has 0 spiro atoms. The van der Waals surface area contributed by atoms with Gasteiger partial charge in [0.2, 0.25) is 0 Å². The number of carbonyl (C=O) groups excluding carboxylic acids is 1. The molecule has 0 amide bonds. The zero-order valence-corrected chi connectivity index (χ0v) is 17.1. The molecule has 162 valence electrons. The molecule has 0 aliphatic carbocycles. The minimum Gasteiger partial charge on any atom is -0.465 e. The molecule has 0 saturated carbocycles. The fraction of sp³-hybridized carbons (Fsp3) is 0.400. The predicted molar refractivity (Wildman–Crippen MR) is 108 cm³/mol. The topological polar surface area (TPSA) is 71.7 Å². The standard InChI is InChI=1S/C20H22ClF3N4O2/c1-2-30-18(29)12-27-7-8-28(17(11-27)13-3-5-15(21)6-4-13)19-16(25)9-14(10-26-19)20(22,23)24/h3-6,9-10,17H,2,7-8,11-12,25H2,1H3. The number of nitrogens with two attached hydrogens (primary N) is 1.